The fourth-order valence-corrected chi connectivity index (χ4v) is 15.1. The summed E-state index contributed by atoms with van der Waals surface area (Å²) in [6.45, 7) is 13.2. The van der Waals surface area contributed by atoms with Gasteiger partial charge in [-0.2, -0.15) is 0 Å². The first-order chi connectivity index (χ1) is 24.9. The summed E-state index contributed by atoms with van der Waals surface area (Å²) in [5.41, 5.74) is -4.71. The Morgan fingerprint density at radius 3 is 2.34 bits per heavy atom. The lowest BCUT2D eigenvalue weighted by Crippen LogP contribution is -2.68. The molecule has 284 valence electrons. The Labute approximate surface area is 321 Å². The van der Waals surface area contributed by atoms with Crippen molar-refractivity contribution in [2.75, 3.05) is 13.1 Å². The van der Waals surface area contributed by atoms with Crippen LogP contribution in [0.2, 0.25) is 0 Å². The van der Waals surface area contributed by atoms with Gasteiger partial charge in [0.2, 0.25) is 0 Å². The molecule has 4 saturated carbocycles. The van der Waals surface area contributed by atoms with Crippen molar-refractivity contribution >= 4 is 40.3 Å². The number of Topliss-reactive ketones (excluding diaryl/α,β-unsaturated/α-hetero) is 1. The second-order valence-corrected chi connectivity index (χ2v) is 21.6. The van der Waals surface area contributed by atoms with Crippen molar-refractivity contribution in [1.82, 2.24) is 4.90 Å². The predicted octanol–water partition coefficient (Wildman–Crippen LogP) is 8.09. The minimum absolute atomic E-state index is 0.0174. The zero-order valence-corrected chi connectivity index (χ0v) is 33.8. The zero-order chi connectivity index (χ0) is 37.6. The first kappa shape index (κ1) is 36.1. The van der Waals surface area contributed by atoms with E-state index in [-0.39, 0.29) is 46.9 Å². The van der Waals surface area contributed by atoms with Gasteiger partial charge < -0.3 is 19.8 Å². The van der Waals surface area contributed by atoms with E-state index in [4.69, 9.17) is 4.74 Å². The van der Waals surface area contributed by atoms with Crippen LogP contribution < -0.4 is 0 Å². The smallest absolute Gasteiger partial charge is 0.313 e. The molecule has 10 atom stereocenters. The van der Waals surface area contributed by atoms with E-state index in [1.165, 1.54) is 4.88 Å². The molecule has 1 aliphatic heterocycles. The van der Waals surface area contributed by atoms with Gasteiger partial charge in [0.25, 0.3) is 5.91 Å². The van der Waals surface area contributed by atoms with Crippen LogP contribution in [-0.2, 0) is 20.7 Å². The van der Waals surface area contributed by atoms with Gasteiger partial charge in [0, 0.05) is 43.5 Å². The molecule has 7 nitrogen and oxygen atoms in total. The maximum atomic E-state index is 15.1. The van der Waals surface area contributed by atoms with Gasteiger partial charge >= 0.3 is 5.97 Å². The van der Waals surface area contributed by atoms with Gasteiger partial charge in [-0.05, 0) is 119 Å². The number of aliphatic hydroxyl groups excluding tert-OH is 1. The van der Waals surface area contributed by atoms with Crippen LogP contribution >= 0.6 is 22.7 Å². The summed E-state index contributed by atoms with van der Waals surface area (Å²) in [6.07, 6.45) is 13.5. The summed E-state index contributed by atoms with van der Waals surface area (Å²) in [6, 6.07) is 8.09. The zero-order valence-electron chi connectivity index (χ0n) is 32.1. The number of fused-ring (bicyclic) bond motifs is 3. The Balaban J connectivity index is 1.12. The fourth-order valence-electron chi connectivity index (χ4n) is 13.5. The number of aryl methyl sites for hydroxylation is 1. The second kappa shape index (κ2) is 11.3. The van der Waals surface area contributed by atoms with Gasteiger partial charge in [0.05, 0.1) is 28.5 Å². The van der Waals surface area contributed by atoms with E-state index in [0.717, 1.165) is 47.4 Å². The number of aliphatic hydroxyl groups is 2. The predicted molar refractivity (Wildman–Crippen MR) is 206 cm³/mol. The molecule has 5 fully saturated rings. The number of carbonyl (C=O) groups excluding carboxylic acids is 3. The van der Waals surface area contributed by atoms with Gasteiger partial charge in [-0.1, -0.05) is 52.0 Å². The molecule has 1 saturated heterocycles. The average Bonchev–Trinajstić information content (AvgIpc) is 3.91. The standard InChI is InChI=1S/C44H55NO6S2/c1-27-9-10-31(53-27)34(47)30-25-41-19-20-43(30)32(38(41,4)15-11-28(46)24-41)12-16-39(5)33(43)13-17-42(39,50)26-45(22-14-29-8-7-23-52-29)35(48)44-21-18-40(6,36(49)51-44)37(44,2)3/h7-10,19-20,23,25,28,32-33,46,50H,11-18,21-22,24,26H2,1-6H3. The maximum Gasteiger partial charge on any atom is 0.313 e. The highest BCUT2D eigenvalue weighted by molar-refractivity contribution is 7.14. The third kappa shape index (κ3) is 4.32. The molecule has 0 radical (unpaired) electrons. The molecule has 2 aromatic rings. The number of hydrogen-bond acceptors (Lipinski definition) is 8. The molecule has 3 heterocycles. The molecule has 2 spiro atoms. The van der Waals surface area contributed by atoms with Gasteiger partial charge in [0.15, 0.2) is 11.4 Å². The van der Waals surface area contributed by atoms with E-state index < -0.39 is 39.0 Å². The summed E-state index contributed by atoms with van der Waals surface area (Å²) < 4.78 is 6.16. The normalized spacial score (nSPS) is 44.3. The van der Waals surface area contributed by atoms with Crippen LogP contribution in [0, 0.1) is 51.2 Å². The number of thiophene rings is 2. The van der Waals surface area contributed by atoms with E-state index >= 15 is 4.79 Å². The number of ether oxygens (including phenoxy) is 1. The maximum absolute atomic E-state index is 15.1. The van der Waals surface area contributed by atoms with Gasteiger partial charge in [-0.25, -0.2) is 0 Å². The van der Waals surface area contributed by atoms with Gasteiger partial charge in [-0.3, -0.25) is 14.4 Å². The van der Waals surface area contributed by atoms with Crippen molar-refractivity contribution in [2.24, 2.45) is 44.3 Å². The molecule has 7 aliphatic carbocycles. The number of ketones is 1. The molecule has 0 aromatic carbocycles. The van der Waals surface area contributed by atoms with Crippen molar-refractivity contribution in [2.45, 2.75) is 123 Å². The Bertz CT molecular complexity index is 1960. The van der Waals surface area contributed by atoms with Crippen molar-refractivity contribution in [1.29, 1.82) is 0 Å². The SMILES string of the molecule is Cc1ccc(C(=O)C2=CC34C=CC25C(CCC2(C)C5CCC2(O)CN(CCc2cccs2)C(=O)C25CCC(C)(C(=O)O2)C5(C)C)C3(C)CCC(O)C4)s1. The molecule has 10 rings (SSSR count). The third-order valence-corrected chi connectivity index (χ3v) is 19.2. The van der Waals surface area contributed by atoms with Crippen molar-refractivity contribution in [3.63, 3.8) is 0 Å². The highest BCUT2D eigenvalue weighted by Gasteiger charge is 2.78. The number of esters is 1. The summed E-state index contributed by atoms with van der Waals surface area (Å²) in [5, 5.41) is 26.4. The summed E-state index contributed by atoms with van der Waals surface area (Å²) in [4.78, 5) is 48.2. The second-order valence-electron chi connectivity index (χ2n) is 19.3. The number of hydrogen-bond donors (Lipinski definition) is 2. The Kier molecular flexibility index (Phi) is 7.66. The highest BCUT2D eigenvalue weighted by atomic mass is 32.1. The molecular formula is C44H55NO6S2. The monoisotopic (exact) mass is 757 g/mol. The summed E-state index contributed by atoms with van der Waals surface area (Å²) in [5.74, 6) is -0.215. The van der Waals surface area contributed by atoms with Gasteiger partial charge in [-0.15, -0.1) is 22.7 Å². The Morgan fingerprint density at radius 1 is 0.943 bits per heavy atom. The van der Waals surface area contributed by atoms with E-state index in [2.05, 4.69) is 38.1 Å². The third-order valence-electron chi connectivity index (χ3n) is 17.3. The van der Waals surface area contributed by atoms with E-state index in [9.17, 15) is 19.8 Å². The molecule has 10 unspecified atom stereocenters. The molecule has 1 amide bonds. The minimum Gasteiger partial charge on any atom is -0.448 e. The van der Waals surface area contributed by atoms with Crippen molar-refractivity contribution in [3.8, 4) is 0 Å². The summed E-state index contributed by atoms with van der Waals surface area (Å²) in [7, 11) is 0. The van der Waals surface area contributed by atoms with Crippen molar-refractivity contribution < 1.29 is 29.3 Å². The van der Waals surface area contributed by atoms with Crippen LogP contribution in [0.25, 0.3) is 0 Å². The molecule has 53 heavy (non-hydrogen) atoms. The van der Waals surface area contributed by atoms with Crippen LogP contribution in [0.15, 0.2) is 53.4 Å². The molecule has 9 heteroatoms. The number of allylic oxidation sites excluding steroid dienone is 4. The van der Waals surface area contributed by atoms with E-state index in [1.807, 2.05) is 56.2 Å². The lowest BCUT2D eigenvalue weighted by Gasteiger charge is -2.71. The Hall–Kier alpha value is -2.59. The highest BCUT2D eigenvalue weighted by Crippen LogP contribution is 2.78. The van der Waals surface area contributed by atoms with Crippen LogP contribution in [0.1, 0.15) is 112 Å². The van der Waals surface area contributed by atoms with Gasteiger partial charge in [0.1, 0.15) is 0 Å². The molecule has 2 aromatic heterocycles. The number of carbonyl (C=O) groups is 3. The van der Waals surface area contributed by atoms with E-state index in [1.54, 1.807) is 22.7 Å². The lowest BCUT2D eigenvalue weighted by atomic mass is 9.32. The van der Waals surface area contributed by atoms with E-state index in [0.29, 0.717) is 38.6 Å². The average molecular weight is 758 g/mol. The number of nitrogens with zero attached hydrogens (tertiary/aromatic N) is 1. The largest absolute Gasteiger partial charge is 0.448 e. The molecular weight excluding hydrogens is 703 g/mol. The number of rotatable bonds is 8. The lowest BCUT2D eigenvalue weighted by molar-refractivity contribution is -0.187. The van der Waals surface area contributed by atoms with Crippen LogP contribution in [0.3, 0.4) is 0 Å². The van der Waals surface area contributed by atoms with Crippen LogP contribution in [0.5, 0.6) is 0 Å². The van der Waals surface area contributed by atoms with Crippen LogP contribution in [-0.4, -0.2) is 63.2 Å². The quantitative estimate of drug-likeness (QED) is 0.160. The molecule has 4 bridgehead atoms. The number of amides is 1. The van der Waals surface area contributed by atoms with Crippen LogP contribution in [0.4, 0.5) is 0 Å². The Morgan fingerprint density at radius 2 is 1.68 bits per heavy atom. The first-order valence-corrected chi connectivity index (χ1v) is 21.6. The van der Waals surface area contributed by atoms with Crippen molar-refractivity contribution in [3.05, 3.63) is 68.1 Å². The first-order valence-electron chi connectivity index (χ1n) is 19.9. The molecule has 2 N–H and O–H groups in total. The fraction of sp³-hybridized carbons (Fsp3) is 0.659. The summed E-state index contributed by atoms with van der Waals surface area (Å²) >= 11 is 3.21. The minimum atomic E-state index is -1.26. The topological polar surface area (TPSA) is 104 Å². The molecule has 8 aliphatic rings.